The first-order valence-corrected chi connectivity index (χ1v) is 5.76. The lowest BCUT2D eigenvalue weighted by atomic mass is 9.81. The van der Waals surface area contributed by atoms with Crippen molar-refractivity contribution in [1.29, 1.82) is 0 Å². The Hall–Kier alpha value is -1.02. The van der Waals surface area contributed by atoms with E-state index in [2.05, 4.69) is 23.5 Å². The van der Waals surface area contributed by atoms with E-state index in [1.54, 1.807) is 6.26 Å². The summed E-state index contributed by atoms with van der Waals surface area (Å²) in [7, 11) is 2.04. The molecule has 2 aliphatic carbocycles. The molecular weight excluding hydrogens is 186 g/mol. The van der Waals surface area contributed by atoms with Crippen molar-refractivity contribution < 1.29 is 4.42 Å². The summed E-state index contributed by atoms with van der Waals surface area (Å²) in [5.74, 6) is 3.96. The molecule has 0 aromatic carbocycles. The SMILES string of the molecule is CNCC1C2C=CC(C2)C1c1ccco1. The van der Waals surface area contributed by atoms with E-state index >= 15 is 0 Å². The number of rotatable bonds is 3. The number of allylic oxidation sites excluding steroid dienone is 2. The maximum Gasteiger partial charge on any atom is 0.107 e. The second-order valence-electron chi connectivity index (χ2n) is 4.71. The van der Waals surface area contributed by atoms with Gasteiger partial charge in [0.05, 0.1) is 6.26 Å². The molecule has 1 heterocycles. The van der Waals surface area contributed by atoms with Crippen LogP contribution in [0.4, 0.5) is 0 Å². The van der Waals surface area contributed by atoms with Gasteiger partial charge >= 0.3 is 0 Å². The Morgan fingerprint density at radius 2 is 2.27 bits per heavy atom. The fraction of sp³-hybridized carbons (Fsp3) is 0.538. The van der Waals surface area contributed by atoms with Crippen LogP contribution in [0.25, 0.3) is 0 Å². The highest BCUT2D eigenvalue weighted by Crippen LogP contribution is 2.52. The van der Waals surface area contributed by atoms with E-state index in [-0.39, 0.29) is 0 Å². The van der Waals surface area contributed by atoms with Gasteiger partial charge in [0, 0.05) is 5.92 Å². The number of fused-ring (bicyclic) bond motifs is 2. The van der Waals surface area contributed by atoms with Gasteiger partial charge < -0.3 is 9.73 Å². The van der Waals surface area contributed by atoms with Crippen LogP contribution in [0.2, 0.25) is 0 Å². The highest BCUT2D eigenvalue weighted by atomic mass is 16.3. The van der Waals surface area contributed by atoms with Gasteiger partial charge in [0.1, 0.15) is 5.76 Å². The highest BCUT2D eigenvalue weighted by molar-refractivity contribution is 5.23. The van der Waals surface area contributed by atoms with E-state index in [0.717, 1.165) is 18.4 Å². The zero-order valence-electron chi connectivity index (χ0n) is 9.02. The topological polar surface area (TPSA) is 25.2 Å². The van der Waals surface area contributed by atoms with E-state index in [4.69, 9.17) is 4.42 Å². The molecular formula is C13H17NO. The predicted molar refractivity (Wildman–Crippen MR) is 59.6 cm³/mol. The molecule has 2 nitrogen and oxygen atoms in total. The van der Waals surface area contributed by atoms with E-state index in [1.807, 2.05) is 13.1 Å². The quantitative estimate of drug-likeness (QED) is 0.763. The number of nitrogens with one attached hydrogen (secondary N) is 1. The van der Waals surface area contributed by atoms with Crippen molar-refractivity contribution in [3.05, 3.63) is 36.3 Å². The van der Waals surface area contributed by atoms with Crippen molar-refractivity contribution >= 4 is 0 Å². The van der Waals surface area contributed by atoms with Gasteiger partial charge in [-0.3, -0.25) is 0 Å². The van der Waals surface area contributed by atoms with Gasteiger partial charge in [0.2, 0.25) is 0 Å². The molecule has 0 amide bonds. The Kier molecular flexibility index (Phi) is 2.17. The van der Waals surface area contributed by atoms with Crippen LogP contribution in [0.15, 0.2) is 35.0 Å². The molecule has 15 heavy (non-hydrogen) atoms. The summed E-state index contributed by atoms with van der Waals surface area (Å²) in [6, 6.07) is 4.13. The van der Waals surface area contributed by atoms with Gasteiger partial charge in [-0.1, -0.05) is 12.2 Å². The molecule has 1 aromatic heterocycles. The summed E-state index contributed by atoms with van der Waals surface area (Å²) in [5, 5.41) is 3.31. The van der Waals surface area contributed by atoms with Crippen LogP contribution in [0.3, 0.4) is 0 Å². The lowest BCUT2D eigenvalue weighted by molar-refractivity contribution is 0.331. The molecule has 4 unspecified atom stereocenters. The normalized spacial score (nSPS) is 37.7. The average molecular weight is 203 g/mol. The van der Waals surface area contributed by atoms with Crippen LogP contribution in [-0.2, 0) is 0 Å². The van der Waals surface area contributed by atoms with E-state index in [0.29, 0.717) is 11.8 Å². The van der Waals surface area contributed by atoms with Crippen molar-refractivity contribution in [1.82, 2.24) is 5.32 Å². The summed E-state index contributed by atoms with van der Waals surface area (Å²) < 4.78 is 5.58. The molecule has 1 fully saturated rings. The number of furan rings is 1. The lowest BCUT2D eigenvalue weighted by Crippen LogP contribution is -2.27. The molecule has 1 saturated carbocycles. The molecule has 0 saturated heterocycles. The minimum absolute atomic E-state index is 0.599. The molecule has 2 aliphatic rings. The van der Waals surface area contributed by atoms with Crippen LogP contribution < -0.4 is 5.32 Å². The zero-order valence-corrected chi connectivity index (χ0v) is 9.02. The lowest BCUT2D eigenvalue weighted by Gasteiger charge is -2.26. The molecule has 2 heteroatoms. The maximum atomic E-state index is 5.58. The Morgan fingerprint density at radius 3 is 3.00 bits per heavy atom. The van der Waals surface area contributed by atoms with Gasteiger partial charge in [0.25, 0.3) is 0 Å². The van der Waals surface area contributed by atoms with Crippen molar-refractivity contribution in [2.24, 2.45) is 17.8 Å². The van der Waals surface area contributed by atoms with Gasteiger partial charge in [-0.05, 0) is 49.9 Å². The summed E-state index contributed by atoms with van der Waals surface area (Å²) in [6.45, 7) is 1.09. The van der Waals surface area contributed by atoms with Crippen molar-refractivity contribution in [2.75, 3.05) is 13.6 Å². The Morgan fingerprint density at radius 1 is 1.40 bits per heavy atom. The summed E-state index contributed by atoms with van der Waals surface area (Å²) in [5.41, 5.74) is 0. The smallest absolute Gasteiger partial charge is 0.107 e. The molecule has 0 aliphatic heterocycles. The third-order valence-corrected chi connectivity index (χ3v) is 3.93. The van der Waals surface area contributed by atoms with Crippen LogP contribution in [0.1, 0.15) is 18.1 Å². The third-order valence-electron chi connectivity index (χ3n) is 3.93. The second-order valence-corrected chi connectivity index (χ2v) is 4.71. The molecule has 3 rings (SSSR count). The number of hydrogen-bond donors (Lipinski definition) is 1. The van der Waals surface area contributed by atoms with Crippen LogP contribution >= 0.6 is 0 Å². The maximum absolute atomic E-state index is 5.58. The minimum atomic E-state index is 0.599. The van der Waals surface area contributed by atoms with Crippen molar-refractivity contribution in [3.8, 4) is 0 Å². The monoisotopic (exact) mass is 203 g/mol. The first-order valence-electron chi connectivity index (χ1n) is 5.76. The molecule has 2 bridgehead atoms. The van der Waals surface area contributed by atoms with E-state index < -0.39 is 0 Å². The summed E-state index contributed by atoms with van der Waals surface area (Å²) in [4.78, 5) is 0. The van der Waals surface area contributed by atoms with E-state index in [9.17, 15) is 0 Å². The van der Waals surface area contributed by atoms with Crippen molar-refractivity contribution in [2.45, 2.75) is 12.3 Å². The largest absolute Gasteiger partial charge is 0.469 e. The average Bonchev–Trinajstić information content (AvgIpc) is 2.93. The zero-order chi connectivity index (χ0) is 10.3. The Bertz CT molecular complexity index is 355. The third kappa shape index (κ3) is 1.36. The Balaban J connectivity index is 1.90. The van der Waals surface area contributed by atoms with Gasteiger partial charge in [-0.25, -0.2) is 0 Å². The second kappa shape index (κ2) is 3.53. The van der Waals surface area contributed by atoms with Gasteiger partial charge in [-0.15, -0.1) is 0 Å². The van der Waals surface area contributed by atoms with Gasteiger partial charge in [-0.2, -0.15) is 0 Å². The standard InChI is InChI=1S/C13H17NO/c1-14-8-11-9-4-5-10(7-9)13(11)12-3-2-6-15-12/h2-6,9-11,13-14H,7-8H2,1H3. The fourth-order valence-electron chi connectivity index (χ4n) is 3.34. The first-order chi connectivity index (χ1) is 7.40. The summed E-state index contributed by atoms with van der Waals surface area (Å²) >= 11 is 0. The Labute approximate surface area is 90.4 Å². The van der Waals surface area contributed by atoms with Crippen LogP contribution in [0, 0.1) is 17.8 Å². The molecule has 0 spiro atoms. The van der Waals surface area contributed by atoms with E-state index in [1.165, 1.54) is 12.2 Å². The number of hydrogen-bond acceptors (Lipinski definition) is 2. The molecule has 1 aromatic rings. The highest BCUT2D eigenvalue weighted by Gasteiger charge is 2.45. The molecule has 4 atom stereocenters. The van der Waals surface area contributed by atoms with Crippen LogP contribution in [0.5, 0.6) is 0 Å². The van der Waals surface area contributed by atoms with Gasteiger partial charge in [0.15, 0.2) is 0 Å². The minimum Gasteiger partial charge on any atom is -0.469 e. The van der Waals surface area contributed by atoms with Crippen molar-refractivity contribution in [3.63, 3.8) is 0 Å². The molecule has 1 N–H and O–H groups in total. The molecule has 0 radical (unpaired) electrons. The predicted octanol–water partition coefficient (Wildman–Crippen LogP) is 2.40. The first kappa shape index (κ1) is 9.22. The summed E-state index contributed by atoms with van der Waals surface area (Å²) in [6.07, 6.45) is 7.88. The fourth-order valence-corrected chi connectivity index (χ4v) is 3.34. The molecule has 80 valence electrons. The van der Waals surface area contributed by atoms with Crippen LogP contribution in [-0.4, -0.2) is 13.6 Å².